The van der Waals surface area contributed by atoms with E-state index < -0.39 is 0 Å². The van der Waals surface area contributed by atoms with Crippen LogP contribution in [0, 0.1) is 0 Å². The van der Waals surface area contributed by atoms with Gasteiger partial charge in [-0.05, 0) is 30.7 Å². The summed E-state index contributed by atoms with van der Waals surface area (Å²) in [6, 6.07) is 7.38. The van der Waals surface area contributed by atoms with Crippen molar-refractivity contribution in [2.24, 2.45) is 0 Å². The number of aliphatic hydroxyl groups is 1. The minimum atomic E-state index is -0.235. The number of rotatable bonds is 7. The predicted molar refractivity (Wildman–Crippen MR) is 117 cm³/mol. The molecule has 0 atom stereocenters. The van der Waals surface area contributed by atoms with Gasteiger partial charge in [0, 0.05) is 45.5 Å². The first-order chi connectivity index (χ1) is 15.2. The van der Waals surface area contributed by atoms with E-state index in [0.717, 1.165) is 37.4 Å². The molecule has 0 aliphatic carbocycles. The van der Waals surface area contributed by atoms with Gasteiger partial charge in [-0.3, -0.25) is 4.79 Å². The van der Waals surface area contributed by atoms with Crippen LogP contribution in [0.4, 0.5) is 11.6 Å². The lowest BCUT2D eigenvalue weighted by atomic mass is 10.2. The number of aliphatic hydroxyl groups excluding tert-OH is 1. The third-order valence-corrected chi connectivity index (χ3v) is 5.13. The number of amides is 1. The fraction of sp³-hybridized carbons (Fsp3) is 0.381. The Morgan fingerprint density at radius 3 is 2.65 bits per heavy atom. The van der Waals surface area contributed by atoms with Crippen molar-refractivity contribution >= 4 is 28.6 Å². The number of anilines is 2. The van der Waals surface area contributed by atoms with E-state index in [-0.39, 0.29) is 12.5 Å². The van der Waals surface area contributed by atoms with Crippen molar-refractivity contribution in [3.63, 3.8) is 0 Å². The highest BCUT2D eigenvalue weighted by Gasteiger charge is 2.21. The monoisotopic (exact) mass is 423 g/mol. The second-order valence-corrected chi connectivity index (χ2v) is 7.11. The average Bonchev–Trinajstić information content (AvgIpc) is 2.83. The average molecular weight is 423 g/mol. The molecule has 1 amide bonds. The third-order valence-electron chi connectivity index (χ3n) is 5.13. The molecule has 1 aliphatic heterocycles. The molecule has 0 saturated carbocycles. The van der Waals surface area contributed by atoms with E-state index in [2.05, 4.69) is 35.1 Å². The number of piperazine rings is 1. The molecule has 31 heavy (non-hydrogen) atoms. The van der Waals surface area contributed by atoms with Gasteiger partial charge in [0.05, 0.1) is 24.5 Å². The SMILES string of the molecule is COc1nc(N2CCN(c3ccc(C(=O)NCCCO)nc3)CC2)nc2cccnc12. The maximum absolute atomic E-state index is 12.0. The van der Waals surface area contributed by atoms with Gasteiger partial charge in [-0.15, -0.1) is 0 Å². The fourth-order valence-electron chi connectivity index (χ4n) is 3.46. The molecule has 0 radical (unpaired) electrons. The minimum absolute atomic E-state index is 0.0482. The highest BCUT2D eigenvalue weighted by atomic mass is 16.5. The maximum atomic E-state index is 12.0. The number of nitrogens with one attached hydrogen (secondary N) is 1. The van der Waals surface area contributed by atoms with E-state index >= 15 is 0 Å². The summed E-state index contributed by atoms with van der Waals surface area (Å²) in [7, 11) is 1.59. The Balaban J connectivity index is 1.40. The molecule has 4 heterocycles. The van der Waals surface area contributed by atoms with Crippen molar-refractivity contribution in [1.82, 2.24) is 25.3 Å². The number of carbonyl (C=O) groups excluding carboxylic acids is 1. The summed E-state index contributed by atoms with van der Waals surface area (Å²) in [5.41, 5.74) is 2.74. The molecule has 1 aliphatic rings. The summed E-state index contributed by atoms with van der Waals surface area (Å²) in [6.07, 6.45) is 3.94. The standard InChI is InChI=1S/C21H25N7O3/c1-31-20-18-16(4-2-7-22-18)25-21(26-20)28-11-9-27(10-12-28)15-5-6-17(24-14-15)19(30)23-8-3-13-29/h2,4-7,14,29H,3,8-13H2,1H3,(H,23,30). The zero-order valence-corrected chi connectivity index (χ0v) is 17.4. The lowest BCUT2D eigenvalue weighted by Gasteiger charge is -2.36. The molecule has 3 aromatic rings. The Morgan fingerprint density at radius 2 is 1.94 bits per heavy atom. The van der Waals surface area contributed by atoms with Gasteiger partial charge in [0.25, 0.3) is 5.91 Å². The van der Waals surface area contributed by atoms with Crippen LogP contribution in [-0.4, -0.2) is 77.4 Å². The van der Waals surface area contributed by atoms with E-state index in [9.17, 15) is 4.79 Å². The van der Waals surface area contributed by atoms with E-state index in [0.29, 0.717) is 36.0 Å². The van der Waals surface area contributed by atoms with Gasteiger partial charge < -0.3 is 25.0 Å². The smallest absolute Gasteiger partial charge is 0.269 e. The van der Waals surface area contributed by atoms with Crippen LogP contribution >= 0.6 is 0 Å². The molecule has 1 fully saturated rings. The van der Waals surface area contributed by atoms with Crippen molar-refractivity contribution in [2.45, 2.75) is 6.42 Å². The summed E-state index contributed by atoms with van der Waals surface area (Å²) in [5.74, 6) is 0.867. The fourth-order valence-corrected chi connectivity index (χ4v) is 3.46. The summed E-state index contributed by atoms with van der Waals surface area (Å²) in [6.45, 7) is 3.53. The molecule has 2 N–H and O–H groups in total. The van der Waals surface area contributed by atoms with Gasteiger partial charge in [0.1, 0.15) is 5.69 Å². The van der Waals surface area contributed by atoms with E-state index in [1.54, 1.807) is 25.6 Å². The van der Waals surface area contributed by atoms with Crippen LogP contribution in [0.2, 0.25) is 0 Å². The van der Waals surface area contributed by atoms with Crippen molar-refractivity contribution < 1.29 is 14.6 Å². The van der Waals surface area contributed by atoms with Crippen LogP contribution in [0.5, 0.6) is 5.88 Å². The lowest BCUT2D eigenvalue weighted by Crippen LogP contribution is -2.47. The molecule has 0 unspecified atom stereocenters. The first-order valence-electron chi connectivity index (χ1n) is 10.2. The topological polar surface area (TPSA) is 117 Å². The zero-order chi connectivity index (χ0) is 21.6. The molecule has 10 nitrogen and oxygen atoms in total. The molecule has 4 rings (SSSR count). The van der Waals surface area contributed by atoms with Crippen LogP contribution < -0.4 is 19.9 Å². The van der Waals surface area contributed by atoms with Gasteiger partial charge in [-0.25, -0.2) is 15.0 Å². The van der Waals surface area contributed by atoms with Crippen molar-refractivity contribution in [1.29, 1.82) is 0 Å². The number of pyridine rings is 2. The maximum Gasteiger partial charge on any atom is 0.269 e. The molecule has 10 heteroatoms. The molecular weight excluding hydrogens is 398 g/mol. The molecular formula is C21H25N7O3. The number of hydrogen-bond donors (Lipinski definition) is 2. The number of nitrogens with zero attached hydrogens (tertiary/aromatic N) is 6. The Kier molecular flexibility index (Phi) is 6.37. The van der Waals surface area contributed by atoms with Gasteiger partial charge in [-0.1, -0.05) is 0 Å². The van der Waals surface area contributed by atoms with Crippen molar-refractivity contribution in [3.8, 4) is 5.88 Å². The van der Waals surface area contributed by atoms with Crippen LogP contribution in [0.15, 0.2) is 36.7 Å². The number of hydrogen-bond acceptors (Lipinski definition) is 9. The number of ether oxygens (including phenoxy) is 1. The highest BCUT2D eigenvalue weighted by molar-refractivity contribution is 5.92. The van der Waals surface area contributed by atoms with Crippen LogP contribution in [-0.2, 0) is 0 Å². The predicted octanol–water partition coefficient (Wildman–Crippen LogP) is 0.867. The molecule has 3 aromatic heterocycles. The quantitative estimate of drug-likeness (QED) is 0.534. The molecule has 0 spiro atoms. The second kappa shape index (κ2) is 9.52. The first-order valence-corrected chi connectivity index (χ1v) is 10.2. The Hall–Kier alpha value is -3.53. The van der Waals surface area contributed by atoms with Crippen LogP contribution in [0.3, 0.4) is 0 Å². The molecule has 1 saturated heterocycles. The zero-order valence-electron chi connectivity index (χ0n) is 17.4. The number of methoxy groups -OCH3 is 1. The molecule has 0 aromatic carbocycles. The van der Waals surface area contributed by atoms with Crippen LogP contribution in [0.1, 0.15) is 16.9 Å². The summed E-state index contributed by atoms with van der Waals surface area (Å²) in [4.78, 5) is 34.2. The third kappa shape index (κ3) is 4.64. The van der Waals surface area contributed by atoms with Gasteiger partial charge in [0.2, 0.25) is 11.8 Å². The summed E-state index contributed by atoms with van der Waals surface area (Å²) < 4.78 is 5.41. The highest BCUT2D eigenvalue weighted by Crippen LogP contribution is 2.24. The number of fused-ring (bicyclic) bond motifs is 1. The van der Waals surface area contributed by atoms with E-state index in [4.69, 9.17) is 9.84 Å². The largest absolute Gasteiger partial charge is 0.479 e. The van der Waals surface area contributed by atoms with E-state index in [1.807, 2.05) is 18.2 Å². The Bertz CT molecular complexity index is 1040. The number of carbonyl (C=O) groups is 1. The van der Waals surface area contributed by atoms with Crippen molar-refractivity contribution in [2.75, 3.05) is 56.2 Å². The normalized spacial score (nSPS) is 14.0. The Morgan fingerprint density at radius 1 is 1.13 bits per heavy atom. The summed E-state index contributed by atoms with van der Waals surface area (Å²) in [5, 5.41) is 11.5. The first kappa shape index (κ1) is 20.7. The Labute approximate surface area is 179 Å². The van der Waals surface area contributed by atoms with Crippen molar-refractivity contribution in [3.05, 3.63) is 42.4 Å². The molecule has 162 valence electrons. The number of aromatic nitrogens is 4. The lowest BCUT2D eigenvalue weighted by molar-refractivity contribution is 0.0946. The minimum Gasteiger partial charge on any atom is -0.479 e. The van der Waals surface area contributed by atoms with Gasteiger partial charge in [-0.2, -0.15) is 4.98 Å². The summed E-state index contributed by atoms with van der Waals surface area (Å²) >= 11 is 0. The molecule has 0 bridgehead atoms. The van der Waals surface area contributed by atoms with Crippen LogP contribution in [0.25, 0.3) is 11.0 Å². The van der Waals surface area contributed by atoms with Gasteiger partial charge >= 0.3 is 0 Å². The van der Waals surface area contributed by atoms with Gasteiger partial charge in [0.15, 0.2) is 5.52 Å². The van der Waals surface area contributed by atoms with E-state index in [1.165, 1.54) is 0 Å². The second-order valence-electron chi connectivity index (χ2n) is 7.11.